The first-order valence-electron chi connectivity index (χ1n) is 6.06. The molecular formula is C12H24N2O2. The smallest absolute Gasteiger partial charge is 0.307 e. The van der Waals surface area contributed by atoms with Gasteiger partial charge in [-0.25, -0.2) is 0 Å². The number of likely N-dealkylation sites (tertiary alicyclic amines) is 1. The second-order valence-corrected chi connectivity index (χ2v) is 5.52. The number of rotatable bonds is 3. The molecule has 0 aromatic carbocycles. The third kappa shape index (κ3) is 5.47. The van der Waals surface area contributed by atoms with Crippen molar-refractivity contribution in [3.05, 3.63) is 0 Å². The Morgan fingerprint density at radius 2 is 1.94 bits per heavy atom. The summed E-state index contributed by atoms with van der Waals surface area (Å²) in [5.74, 6) is -0.109. The van der Waals surface area contributed by atoms with E-state index in [1.807, 2.05) is 20.8 Å². The van der Waals surface area contributed by atoms with Crippen molar-refractivity contribution in [2.75, 3.05) is 19.6 Å². The van der Waals surface area contributed by atoms with E-state index in [0.29, 0.717) is 12.5 Å². The summed E-state index contributed by atoms with van der Waals surface area (Å²) in [4.78, 5) is 13.8. The molecule has 1 aliphatic heterocycles. The number of hydrogen-bond acceptors (Lipinski definition) is 4. The van der Waals surface area contributed by atoms with Crippen molar-refractivity contribution < 1.29 is 9.53 Å². The maximum atomic E-state index is 11.5. The van der Waals surface area contributed by atoms with E-state index in [-0.39, 0.29) is 11.6 Å². The number of nitrogens with two attached hydrogens (primary N) is 1. The topological polar surface area (TPSA) is 55.6 Å². The van der Waals surface area contributed by atoms with Gasteiger partial charge in [-0.15, -0.1) is 0 Å². The van der Waals surface area contributed by atoms with Gasteiger partial charge in [0.25, 0.3) is 0 Å². The average Bonchev–Trinajstić information content (AvgIpc) is 2.14. The van der Waals surface area contributed by atoms with Gasteiger partial charge in [0.2, 0.25) is 0 Å². The Balaban J connectivity index is 2.17. The molecule has 1 aliphatic rings. The van der Waals surface area contributed by atoms with Crippen LogP contribution in [0.4, 0.5) is 0 Å². The highest BCUT2D eigenvalue weighted by Crippen LogP contribution is 2.11. The largest absolute Gasteiger partial charge is 0.460 e. The quantitative estimate of drug-likeness (QED) is 0.736. The highest BCUT2D eigenvalue weighted by Gasteiger charge is 2.19. The first-order valence-corrected chi connectivity index (χ1v) is 6.06. The van der Waals surface area contributed by atoms with E-state index < -0.39 is 0 Å². The number of esters is 1. The highest BCUT2D eigenvalue weighted by atomic mass is 16.6. The molecule has 0 bridgehead atoms. The maximum Gasteiger partial charge on any atom is 0.307 e. The van der Waals surface area contributed by atoms with Gasteiger partial charge in [-0.1, -0.05) is 0 Å². The summed E-state index contributed by atoms with van der Waals surface area (Å²) in [6.45, 7) is 8.48. The Labute approximate surface area is 98.1 Å². The monoisotopic (exact) mass is 228 g/mol. The Bertz CT molecular complexity index is 228. The third-order valence-electron chi connectivity index (χ3n) is 2.68. The minimum absolute atomic E-state index is 0.109. The molecule has 1 rings (SSSR count). The summed E-state index contributed by atoms with van der Waals surface area (Å²) in [5.41, 5.74) is 5.44. The standard InChI is InChI=1S/C12H24N2O2/c1-12(2,3)16-11(15)6-9-14-7-4-10(13)5-8-14/h10H,4-9,13H2,1-3H3. The molecule has 0 aromatic heterocycles. The lowest BCUT2D eigenvalue weighted by Gasteiger charge is -2.30. The van der Waals surface area contributed by atoms with Gasteiger partial charge < -0.3 is 15.4 Å². The van der Waals surface area contributed by atoms with Crippen molar-refractivity contribution in [2.24, 2.45) is 5.73 Å². The van der Waals surface area contributed by atoms with Crippen molar-refractivity contribution in [3.63, 3.8) is 0 Å². The summed E-state index contributed by atoms with van der Waals surface area (Å²) in [6, 6.07) is 0.345. The van der Waals surface area contributed by atoms with Crippen molar-refractivity contribution in [1.29, 1.82) is 0 Å². The number of carbonyl (C=O) groups excluding carboxylic acids is 1. The zero-order valence-corrected chi connectivity index (χ0v) is 10.7. The molecule has 0 aromatic rings. The summed E-state index contributed by atoms with van der Waals surface area (Å²) in [7, 11) is 0. The van der Waals surface area contributed by atoms with E-state index in [0.717, 1.165) is 32.5 Å². The number of ether oxygens (including phenoxy) is 1. The molecule has 0 aliphatic carbocycles. The first-order chi connectivity index (χ1) is 7.37. The van der Waals surface area contributed by atoms with Gasteiger partial charge in [-0.2, -0.15) is 0 Å². The van der Waals surface area contributed by atoms with E-state index >= 15 is 0 Å². The van der Waals surface area contributed by atoms with Crippen LogP contribution in [-0.2, 0) is 9.53 Å². The second-order valence-electron chi connectivity index (χ2n) is 5.52. The van der Waals surface area contributed by atoms with Crippen molar-refractivity contribution in [1.82, 2.24) is 4.90 Å². The molecule has 0 atom stereocenters. The van der Waals surface area contributed by atoms with E-state index in [4.69, 9.17) is 10.5 Å². The maximum absolute atomic E-state index is 11.5. The second kappa shape index (κ2) is 5.64. The van der Waals surface area contributed by atoms with Gasteiger partial charge in [0, 0.05) is 12.6 Å². The molecule has 1 heterocycles. The molecule has 16 heavy (non-hydrogen) atoms. The van der Waals surface area contributed by atoms with Crippen LogP contribution < -0.4 is 5.73 Å². The van der Waals surface area contributed by atoms with Crippen LogP contribution in [0.3, 0.4) is 0 Å². The van der Waals surface area contributed by atoms with E-state index in [1.165, 1.54) is 0 Å². The van der Waals surface area contributed by atoms with Crippen LogP contribution in [0.25, 0.3) is 0 Å². The van der Waals surface area contributed by atoms with E-state index in [9.17, 15) is 4.79 Å². The van der Waals surface area contributed by atoms with Gasteiger partial charge in [0.15, 0.2) is 0 Å². The SMILES string of the molecule is CC(C)(C)OC(=O)CCN1CCC(N)CC1. The predicted octanol–water partition coefficient (Wildman–Crippen LogP) is 1.14. The van der Waals surface area contributed by atoms with Crippen LogP contribution in [0.5, 0.6) is 0 Å². The van der Waals surface area contributed by atoms with Gasteiger partial charge >= 0.3 is 5.97 Å². The molecule has 4 heteroatoms. The van der Waals surface area contributed by atoms with Gasteiger partial charge in [0.1, 0.15) is 5.60 Å². The minimum atomic E-state index is -0.374. The van der Waals surface area contributed by atoms with Gasteiger partial charge in [-0.3, -0.25) is 4.79 Å². The third-order valence-corrected chi connectivity index (χ3v) is 2.68. The number of nitrogens with zero attached hydrogens (tertiary/aromatic N) is 1. The summed E-state index contributed by atoms with van der Waals surface area (Å²) < 4.78 is 5.26. The summed E-state index contributed by atoms with van der Waals surface area (Å²) in [5, 5.41) is 0. The van der Waals surface area contributed by atoms with Crippen LogP contribution in [-0.4, -0.2) is 42.1 Å². The number of carbonyl (C=O) groups is 1. The average molecular weight is 228 g/mol. The fourth-order valence-electron chi connectivity index (χ4n) is 1.82. The van der Waals surface area contributed by atoms with Crippen molar-refractivity contribution in [2.45, 2.75) is 51.7 Å². The lowest BCUT2D eigenvalue weighted by atomic mass is 10.1. The predicted molar refractivity (Wildman–Crippen MR) is 64.1 cm³/mol. The summed E-state index contributed by atoms with van der Waals surface area (Å²) in [6.07, 6.45) is 2.55. The van der Waals surface area contributed by atoms with Crippen LogP contribution in [0.1, 0.15) is 40.0 Å². The first kappa shape index (κ1) is 13.5. The molecule has 0 spiro atoms. The lowest BCUT2D eigenvalue weighted by molar-refractivity contribution is -0.155. The molecule has 1 saturated heterocycles. The summed E-state index contributed by atoms with van der Waals surface area (Å²) >= 11 is 0. The fraction of sp³-hybridized carbons (Fsp3) is 0.917. The molecule has 1 fully saturated rings. The van der Waals surface area contributed by atoms with Gasteiger partial charge in [-0.05, 0) is 46.7 Å². The molecule has 0 unspecified atom stereocenters. The molecule has 0 saturated carbocycles. The molecular weight excluding hydrogens is 204 g/mol. The molecule has 0 amide bonds. The molecule has 4 nitrogen and oxygen atoms in total. The fourth-order valence-corrected chi connectivity index (χ4v) is 1.82. The molecule has 2 N–H and O–H groups in total. The molecule has 94 valence electrons. The molecule has 0 radical (unpaired) electrons. The Hall–Kier alpha value is -0.610. The normalized spacial score (nSPS) is 19.8. The Morgan fingerprint density at radius 1 is 1.38 bits per heavy atom. The lowest BCUT2D eigenvalue weighted by Crippen LogP contribution is -2.40. The van der Waals surface area contributed by atoms with E-state index in [1.54, 1.807) is 0 Å². The number of piperidine rings is 1. The Kier molecular flexibility index (Phi) is 4.74. The van der Waals surface area contributed by atoms with Crippen molar-refractivity contribution >= 4 is 5.97 Å². The Morgan fingerprint density at radius 3 is 2.44 bits per heavy atom. The van der Waals surface area contributed by atoms with Gasteiger partial charge in [0.05, 0.1) is 6.42 Å². The van der Waals surface area contributed by atoms with Crippen LogP contribution >= 0.6 is 0 Å². The zero-order valence-electron chi connectivity index (χ0n) is 10.7. The zero-order chi connectivity index (χ0) is 12.2. The minimum Gasteiger partial charge on any atom is -0.460 e. The highest BCUT2D eigenvalue weighted by molar-refractivity contribution is 5.70. The van der Waals surface area contributed by atoms with Crippen molar-refractivity contribution in [3.8, 4) is 0 Å². The van der Waals surface area contributed by atoms with Crippen LogP contribution in [0.15, 0.2) is 0 Å². The van der Waals surface area contributed by atoms with Crippen LogP contribution in [0.2, 0.25) is 0 Å². The number of hydrogen-bond donors (Lipinski definition) is 1. The van der Waals surface area contributed by atoms with Crippen LogP contribution in [0, 0.1) is 0 Å². The van der Waals surface area contributed by atoms with E-state index in [2.05, 4.69) is 4.90 Å².